The van der Waals surface area contributed by atoms with Crippen molar-refractivity contribution in [1.29, 1.82) is 5.26 Å². The van der Waals surface area contributed by atoms with Crippen molar-refractivity contribution in [3.8, 4) is 6.07 Å². The number of rotatable bonds is 5. The van der Waals surface area contributed by atoms with Crippen LogP contribution in [-0.2, 0) is 9.59 Å². The van der Waals surface area contributed by atoms with E-state index in [1.807, 2.05) is 6.07 Å². The molecule has 130 valence electrons. The van der Waals surface area contributed by atoms with Gasteiger partial charge >= 0.3 is 5.97 Å². The number of hydrogen-bond donors (Lipinski definition) is 3. The highest BCUT2D eigenvalue weighted by Crippen LogP contribution is 2.19. The quantitative estimate of drug-likeness (QED) is 0.538. The Morgan fingerprint density at radius 1 is 1.28 bits per heavy atom. The molecule has 0 bridgehead atoms. The molecule has 0 aromatic heterocycles. The number of likely N-dealkylation sites (tertiary alicyclic amines) is 1. The average Bonchev–Trinajstić information content (AvgIpc) is 2.62. The average molecular weight is 342 g/mol. The molecule has 1 aliphatic heterocycles. The highest BCUT2D eigenvalue weighted by molar-refractivity contribution is 6.00. The van der Waals surface area contributed by atoms with Crippen LogP contribution in [0.25, 0.3) is 0 Å². The number of carboxylic acids is 1. The molecule has 1 fully saturated rings. The standard InChI is InChI=1S/C17H18N4O4/c18-9-12(10-20-14-4-2-1-3-13(14)15(19)22)16(23)21-7-5-11(6-8-21)17(24)25/h1-4,10-11,20H,5-8H2,(H2,19,22)(H,24,25)/b12-10-. The fourth-order valence-corrected chi connectivity index (χ4v) is 2.62. The number of amides is 2. The number of nitrogens with one attached hydrogen (secondary N) is 1. The fraction of sp³-hybridized carbons (Fsp3) is 0.294. The SMILES string of the molecule is N#C/C(=C/Nc1ccccc1C(N)=O)C(=O)N1CCC(C(=O)O)CC1. The van der Waals surface area contributed by atoms with Crippen LogP contribution < -0.4 is 11.1 Å². The number of para-hydroxylation sites is 1. The number of piperidine rings is 1. The first kappa shape index (κ1) is 18.0. The molecule has 1 saturated heterocycles. The van der Waals surface area contributed by atoms with Crippen molar-refractivity contribution >= 4 is 23.5 Å². The van der Waals surface area contributed by atoms with Gasteiger partial charge in [0.2, 0.25) is 0 Å². The van der Waals surface area contributed by atoms with Crippen molar-refractivity contribution in [3.63, 3.8) is 0 Å². The van der Waals surface area contributed by atoms with Gasteiger partial charge in [0.1, 0.15) is 11.6 Å². The molecule has 1 aromatic carbocycles. The molecule has 8 heteroatoms. The molecule has 4 N–H and O–H groups in total. The Labute approximate surface area is 144 Å². The molecular weight excluding hydrogens is 324 g/mol. The van der Waals surface area contributed by atoms with Crippen molar-refractivity contribution in [3.05, 3.63) is 41.6 Å². The van der Waals surface area contributed by atoms with Gasteiger partial charge < -0.3 is 21.1 Å². The second-order valence-electron chi connectivity index (χ2n) is 5.63. The van der Waals surface area contributed by atoms with Gasteiger partial charge in [0.15, 0.2) is 0 Å². The van der Waals surface area contributed by atoms with E-state index in [-0.39, 0.29) is 24.2 Å². The van der Waals surface area contributed by atoms with Gasteiger partial charge in [-0.25, -0.2) is 0 Å². The summed E-state index contributed by atoms with van der Waals surface area (Å²) in [6, 6.07) is 8.30. The maximum absolute atomic E-state index is 12.4. The summed E-state index contributed by atoms with van der Waals surface area (Å²) >= 11 is 0. The molecule has 1 aliphatic rings. The lowest BCUT2D eigenvalue weighted by Crippen LogP contribution is -2.40. The van der Waals surface area contributed by atoms with Crippen LogP contribution in [0.1, 0.15) is 23.2 Å². The first-order valence-corrected chi connectivity index (χ1v) is 7.71. The third kappa shape index (κ3) is 4.35. The van der Waals surface area contributed by atoms with E-state index in [4.69, 9.17) is 10.8 Å². The van der Waals surface area contributed by atoms with E-state index in [9.17, 15) is 19.6 Å². The summed E-state index contributed by atoms with van der Waals surface area (Å²) in [5.41, 5.74) is 5.78. The molecule has 1 aromatic rings. The zero-order valence-corrected chi connectivity index (χ0v) is 13.4. The van der Waals surface area contributed by atoms with Crippen LogP contribution in [0.3, 0.4) is 0 Å². The lowest BCUT2D eigenvalue weighted by atomic mass is 9.97. The van der Waals surface area contributed by atoms with Crippen LogP contribution >= 0.6 is 0 Å². The van der Waals surface area contributed by atoms with E-state index < -0.39 is 23.7 Å². The Morgan fingerprint density at radius 3 is 2.48 bits per heavy atom. The summed E-state index contributed by atoms with van der Waals surface area (Å²) in [4.78, 5) is 36.2. The Kier molecular flexibility index (Phi) is 5.74. The number of carbonyl (C=O) groups is 3. The third-order valence-corrected chi connectivity index (χ3v) is 4.05. The van der Waals surface area contributed by atoms with Crippen molar-refractivity contribution in [2.24, 2.45) is 11.7 Å². The molecule has 2 rings (SSSR count). The van der Waals surface area contributed by atoms with E-state index in [0.717, 1.165) is 0 Å². The molecule has 1 heterocycles. The number of nitriles is 1. The number of benzene rings is 1. The smallest absolute Gasteiger partial charge is 0.306 e. The van der Waals surface area contributed by atoms with Gasteiger partial charge in [-0.15, -0.1) is 0 Å². The third-order valence-electron chi connectivity index (χ3n) is 4.05. The Bertz CT molecular complexity index is 758. The van der Waals surface area contributed by atoms with Gasteiger partial charge in [-0.2, -0.15) is 5.26 Å². The number of nitrogens with zero attached hydrogens (tertiary/aromatic N) is 2. The predicted molar refractivity (Wildman–Crippen MR) is 89.2 cm³/mol. The Hall–Kier alpha value is -3.34. The number of anilines is 1. The molecule has 0 radical (unpaired) electrons. The van der Waals surface area contributed by atoms with E-state index in [2.05, 4.69) is 5.32 Å². The van der Waals surface area contributed by atoms with E-state index in [1.54, 1.807) is 18.2 Å². The summed E-state index contributed by atoms with van der Waals surface area (Å²) in [7, 11) is 0. The Balaban J connectivity index is 2.08. The van der Waals surface area contributed by atoms with Crippen molar-refractivity contribution in [1.82, 2.24) is 4.90 Å². The van der Waals surface area contributed by atoms with Crippen LogP contribution in [0, 0.1) is 17.2 Å². The minimum absolute atomic E-state index is 0.131. The van der Waals surface area contributed by atoms with Crippen LogP contribution in [0.2, 0.25) is 0 Å². The molecule has 25 heavy (non-hydrogen) atoms. The maximum Gasteiger partial charge on any atom is 0.306 e. The minimum atomic E-state index is -0.868. The van der Waals surface area contributed by atoms with Gasteiger partial charge in [0, 0.05) is 19.3 Å². The molecule has 0 saturated carbocycles. The van der Waals surface area contributed by atoms with Crippen molar-refractivity contribution in [2.45, 2.75) is 12.8 Å². The number of nitrogens with two attached hydrogens (primary N) is 1. The fourth-order valence-electron chi connectivity index (χ4n) is 2.62. The van der Waals surface area contributed by atoms with Gasteiger partial charge in [0.25, 0.3) is 11.8 Å². The van der Waals surface area contributed by atoms with Crippen LogP contribution in [0.5, 0.6) is 0 Å². The zero-order valence-electron chi connectivity index (χ0n) is 13.4. The summed E-state index contributed by atoms with van der Waals surface area (Å²) in [5, 5.41) is 21.0. The second kappa shape index (κ2) is 7.97. The molecule has 0 unspecified atom stereocenters. The molecule has 0 spiro atoms. The predicted octanol–water partition coefficient (Wildman–Crippen LogP) is 0.928. The van der Waals surface area contributed by atoms with E-state index in [1.165, 1.54) is 17.2 Å². The largest absolute Gasteiger partial charge is 0.481 e. The van der Waals surface area contributed by atoms with Crippen LogP contribution in [-0.4, -0.2) is 40.9 Å². The van der Waals surface area contributed by atoms with Gasteiger partial charge in [-0.05, 0) is 25.0 Å². The Morgan fingerprint density at radius 2 is 1.92 bits per heavy atom. The number of carbonyl (C=O) groups excluding carboxylic acids is 2. The number of aliphatic carboxylic acids is 1. The number of primary amides is 1. The molecule has 0 atom stereocenters. The second-order valence-corrected chi connectivity index (χ2v) is 5.63. The van der Waals surface area contributed by atoms with Crippen LogP contribution in [0.4, 0.5) is 5.69 Å². The van der Waals surface area contributed by atoms with Gasteiger partial charge in [-0.3, -0.25) is 14.4 Å². The summed E-state index contributed by atoms with van der Waals surface area (Å²) < 4.78 is 0. The monoisotopic (exact) mass is 342 g/mol. The first-order chi connectivity index (χ1) is 11.9. The van der Waals surface area contributed by atoms with Gasteiger partial charge in [-0.1, -0.05) is 12.1 Å². The molecular formula is C17H18N4O4. The zero-order chi connectivity index (χ0) is 18.4. The lowest BCUT2D eigenvalue weighted by molar-refractivity contribution is -0.145. The molecule has 8 nitrogen and oxygen atoms in total. The molecule has 0 aliphatic carbocycles. The van der Waals surface area contributed by atoms with Crippen LogP contribution in [0.15, 0.2) is 36.0 Å². The topological polar surface area (TPSA) is 137 Å². The maximum atomic E-state index is 12.4. The molecule has 2 amide bonds. The summed E-state index contributed by atoms with van der Waals surface area (Å²) in [5.74, 6) is -2.43. The minimum Gasteiger partial charge on any atom is -0.481 e. The number of hydrogen-bond acceptors (Lipinski definition) is 5. The highest BCUT2D eigenvalue weighted by Gasteiger charge is 2.28. The number of carboxylic acid groups (broad SMARTS) is 1. The van der Waals surface area contributed by atoms with Crippen molar-refractivity contribution in [2.75, 3.05) is 18.4 Å². The lowest BCUT2D eigenvalue weighted by Gasteiger charge is -2.29. The highest BCUT2D eigenvalue weighted by atomic mass is 16.4. The summed E-state index contributed by atoms with van der Waals surface area (Å²) in [6.07, 6.45) is 1.95. The summed E-state index contributed by atoms with van der Waals surface area (Å²) in [6.45, 7) is 0.569. The van der Waals surface area contributed by atoms with E-state index >= 15 is 0 Å². The van der Waals surface area contributed by atoms with E-state index in [0.29, 0.717) is 18.5 Å². The first-order valence-electron chi connectivity index (χ1n) is 7.71. The van der Waals surface area contributed by atoms with Crippen molar-refractivity contribution < 1.29 is 19.5 Å². The normalized spacial score (nSPS) is 15.3. The van der Waals surface area contributed by atoms with Gasteiger partial charge in [0.05, 0.1) is 17.2 Å².